The van der Waals surface area contributed by atoms with E-state index in [2.05, 4.69) is 93.6 Å². The van der Waals surface area contributed by atoms with Crippen molar-refractivity contribution in [1.29, 1.82) is 0 Å². The lowest BCUT2D eigenvalue weighted by atomic mass is 10.00. The van der Waals surface area contributed by atoms with E-state index >= 15 is 28.8 Å². The number of phenolic OH excluding ortho intramolecular Hbond substituents is 5. The molecule has 13 atom stereocenters. The topological polar surface area (TPSA) is 564 Å². The third kappa shape index (κ3) is 34.2. The molecule has 682 valence electrons. The Morgan fingerprint density at radius 3 is 1.40 bits per heavy atom. The molecule has 0 saturated carbocycles. The summed E-state index contributed by atoms with van der Waals surface area (Å²) in [4.78, 5) is 163. The van der Waals surface area contributed by atoms with Crippen LogP contribution in [0, 0.1) is 11.8 Å². The third-order valence-corrected chi connectivity index (χ3v) is 21.0. The molecule has 0 aromatic heterocycles. The van der Waals surface area contributed by atoms with E-state index in [1.165, 1.54) is 71.6 Å². The Morgan fingerprint density at radius 1 is 0.468 bits per heavy atom. The van der Waals surface area contributed by atoms with Crippen LogP contribution in [0.3, 0.4) is 0 Å². The van der Waals surface area contributed by atoms with Crippen LogP contribution in [-0.4, -0.2) is 234 Å². The predicted octanol–water partition coefficient (Wildman–Crippen LogP) is 0.633. The quantitative estimate of drug-likeness (QED) is 0.0188. The van der Waals surface area contributed by atoms with Gasteiger partial charge in [0.25, 0.3) is 0 Å². The first-order valence-electron chi connectivity index (χ1n) is 42.1. The number of methoxy groups -OCH3 is 3. The van der Waals surface area contributed by atoms with E-state index in [-0.39, 0.29) is 156 Å². The Kier molecular flexibility index (Phi) is 43.1. The lowest BCUT2D eigenvalue weighted by Crippen LogP contribution is -2.62. The van der Waals surface area contributed by atoms with Crippen LogP contribution in [0.25, 0.3) is 0 Å². The number of phenols is 5. The Hall–Kier alpha value is -11.6. The molecule has 1 saturated heterocycles. The second-order valence-electron chi connectivity index (χ2n) is 31.4. The van der Waals surface area contributed by atoms with E-state index in [1.54, 1.807) is 80.6 Å². The minimum absolute atomic E-state index is 0.0158. The number of aliphatic hydroxyl groups is 2. The number of aromatic hydroxyl groups is 5. The Balaban J connectivity index is 1.39. The molecule has 0 bridgehead atoms. The van der Waals surface area contributed by atoms with Gasteiger partial charge in [0.05, 0.1) is 33.5 Å². The van der Waals surface area contributed by atoms with Crippen LogP contribution in [0.5, 0.6) is 46.0 Å². The number of unbranched alkanes of at least 4 members (excludes halogenated alkanes) is 1. The largest absolute Gasteiger partial charge is 0.504 e. The number of carbonyl (C=O) groups is 11. The number of hydrogen-bond acceptors (Lipinski definition) is 26. The lowest BCUT2D eigenvalue weighted by molar-refractivity contribution is -0.137. The van der Waals surface area contributed by atoms with Gasteiger partial charge in [0, 0.05) is 45.6 Å². The zero-order valence-electron chi connectivity index (χ0n) is 72.1. The Bertz CT molecular complexity index is 4300. The summed E-state index contributed by atoms with van der Waals surface area (Å²) in [7, 11) is 4.16. The smallest absolute Gasteiger partial charge is 0.245 e. The van der Waals surface area contributed by atoms with E-state index in [0.29, 0.717) is 40.2 Å². The molecule has 1 fully saturated rings. The summed E-state index contributed by atoms with van der Waals surface area (Å²) < 4.78 is 15.9. The average molecular weight is 1730 g/mol. The highest BCUT2D eigenvalue weighted by molar-refractivity contribution is 5.99. The second-order valence-corrected chi connectivity index (χ2v) is 31.4. The average Bonchev–Trinajstić information content (AvgIpc) is 1.12. The van der Waals surface area contributed by atoms with Crippen LogP contribution in [0.4, 0.5) is 0 Å². The van der Waals surface area contributed by atoms with Crippen molar-refractivity contribution in [3.63, 3.8) is 0 Å². The molecular formula is C87H128N16O21. The van der Waals surface area contributed by atoms with E-state index in [1.807, 2.05) is 0 Å². The van der Waals surface area contributed by atoms with Crippen LogP contribution in [0.1, 0.15) is 146 Å². The molecule has 1 unspecified atom stereocenters. The number of nitrogens with one attached hydrogen (secondary N) is 15. The fourth-order valence-corrected chi connectivity index (χ4v) is 13.5. The van der Waals surface area contributed by atoms with Gasteiger partial charge in [-0.05, 0) is 186 Å². The predicted molar refractivity (Wildman–Crippen MR) is 461 cm³/mol. The SMILES string of the molecule is CCC(C)CCCCC(=O)N[C@@H](CCNCc1ccc(O)c(OC)c1)C(=O)N[C@@H](C(=O)N[C@@H](CCN)C(=O)N[C@H]1CCNC(=O)[C@@H]([C@@H](C)O)NC(=O)[C@H](CCNCc2ccc(O)c(O)c2)NC(=O)[C@H](CCNCc2ccc(O)c(OC)c2)NC(=O)[C@H](CC(C)C)NC(=O)[C@@H](Cc2ccccc2)NC(=O)[C@H](CCNCc2ccc(O)c(OC)c2)NC1=O)[C@@H](C)O. The number of nitrogens with two attached hydrogens (primary N) is 1. The Morgan fingerprint density at radius 2 is 0.919 bits per heavy atom. The number of amides is 11. The van der Waals surface area contributed by atoms with Crippen LogP contribution in [0.15, 0.2) is 103 Å². The van der Waals surface area contributed by atoms with Crippen molar-refractivity contribution < 1.29 is 103 Å². The number of rotatable bonds is 44. The molecule has 124 heavy (non-hydrogen) atoms. The molecule has 5 aromatic rings. The standard InChI is InChI=1S/C87H128N16O21/c1-10-51(4)16-14-15-19-75(111)94-60(29-35-90-47-56-21-25-68(107)72(43-56)122-7)82(116)103-77(53(6)105)87(121)99-59(28-34-88)78(112)97-64-33-39-93-86(120)76(52(5)104)102-83(117)63(32-38-89-46-55-20-24-67(106)71(110)42-55)96-79(113)61(30-36-91-48-57-22-26-69(108)73(44-57)123-8)98-84(118)65(40-50(2)3)100-85(119)66(41-54-17-12-11-13-18-54)101-81(115)62(95-80(64)114)31-37-92-49-58-23-27-70(109)74(45-58)124-9/h11-13,17-18,20-27,42-45,50-53,59-66,76-77,89-92,104-110H,10,14-16,19,28-41,46-49,88H2,1-9H3,(H,93,120)(H,94,111)(H,95,114)(H,96,113)(H,97,112)(H,98,118)(H,99,121)(H,100,119)(H,101,115)(H,102,117)(H,103,116)/t51?,52-,53-,59+,60+,61+,62+,63+,64+,65+,66-,76-,77-/m1/s1. The number of carbonyl (C=O) groups excluding carboxylic acids is 11. The summed E-state index contributed by atoms with van der Waals surface area (Å²) in [6, 6.07) is 10.6. The molecule has 37 nitrogen and oxygen atoms in total. The van der Waals surface area contributed by atoms with Gasteiger partial charge in [-0.15, -0.1) is 0 Å². The highest BCUT2D eigenvalue weighted by atomic mass is 16.5. The first kappa shape index (κ1) is 101. The number of ether oxygens (including phenoxy) is 3. The number of hydrogen-bond donors (Lipinski definition) is 23. The molecule has 0 aliphatic carbocycles. The Labute approximate surface area is 723 Å². The summed E-state index contributed by atoms with van der Waals surface area (Å²) in [5.41, 5.74) is 9.15. The second kappa shape index (κ2) is 52.8. The van der Waals surface area contributed by atoms with Crippen molar-refractivity contribution in [2.24, 2.45) is 17.6 Å². The van der Waals surface area contributed by atoms with Crippen molar-refractivity contribution in [3.8, 4) is 46.0 Å². The maximum Gasteiger partial charge on any atom is 0.245 e. The third-order valence-electron chi connectivity index (χ3n) is 21.0. The molecule has 1 aliphatic rings. The summed E-state index contributed by atoms with van der Waals surface area (Å²) in [6.07, 6.45) is -2.01. The lowest BCUT2D eigenvalue weighted by Gasteiger charge is -2.29. The highest BCUT2D eigenvalue weighted by Crippen LogP contribution is 2.30. The molecule has 0 radical (unpaired) electrons. The number of aliphatic hydroxyl groups excluding tert-OH is 2. The molecule has 1 heterocycles. The molecule has 11 amide bonds. The zero-order valence-corrected chi connectivity index (χ0v) is 72.1. The minimum atomic E-state index is -1.82. The van der Waals surface area contributed by atoms with Crippen LogP contribution < -0.4 is 99.7 Å². The molecule has 0 spiro atoms. The maximum atomic E-state index is 15.4. The zero-order chi connectivity index (χ0) is 91.0. The van der Waals surface area contributed by atoms with Crippen molar-refractivity contribution in [1.82, 2.24) is 79.8 Å². The number of benzene rings is 5. The van der Waals surface area contributed by atoms with Crippen molar-refractivity contribution in [2.45, 2.75) is 224 Å². The van der Waals surface area contributed by atoms with E-state index < -0.39 is 156 Å². The first-order valence-corrected chi connectivity index (χ1v) is 42.1. The van der Waals surface area contributed by atoms with Crippen LogP contribution >= 0.6 is 0 Å². The van der Waals surface area contributed by atoms with Crippen molar-refractivity contribution in [2.75, 3.05) is 60.6 Å². The fourth-order valence-electron chi connectivity index (χ4n) is 13.5. The minimum Gasteiger partial charge on any atom is -0.504 e. The van der Waals surface area contributed by atoms with Gasteiger partial charge in [-0.25, -0.2) is 0 Å². The van der Waals surface area contributed by atoms with Crippen molar-refractivity contribution >= 4 is 65.0 Å². The van der Waals surface area contributed by atoms with Gasteiger partial charge in [0.15, 0.2) is 46.0 Å². The molecule has 37 heteroatoms. The van der Waals surface area contributed by atoms with Crippen LogP contribution in [0.2, 0.25) is 0 Å². The summed E-state index contributed by atoms with van der Waals surface area (Å²) in [5.74, 6) is -10.7. The van der Waals surface area contributed by atoms with E-state index in [4.69, 9.17) is 19.9 Å². The van der Waals surface area contributed by atoms with Gasteiger partial charge < -0.3 is 135 Å². The summed E-state index contributed by atoms with van der Waals surface area (Å²) in [5, 5.41) is 116. The molecule has 5 aromatic carbocycles. The molecule has 24 N–H and O–H groups in total. The fraction of sp³-hybridized carbons (Fsp3) is 0.529. The maximum absolute atomic E-state index is 15.4. The van der Waals surface area contributed by atoms with Gasteiger partial charge in [0.2, 0.25) is 65.0 Å². The molecular weight excluding hydrogens is 1610 g/mol. The molecule has 6 rings (SSSR count). The van der Waals surface area contributed by atoms with E-state index in [9.17, 15) is 59.7 Å². The van der Waals surface area contributed by atoms with Gasteiger partial charge in [0.1, 0.15) is 60.4 Å². The van der Waals surface area contributed by atoms with Crippen molar-refractivity contribution in [3.05, 3.63) is 131 Å². The van der Waals surface area contributed by atoms with E-state index in [0.717, 1.165) is 19.3 Å². The monoisotopic (exact) mass is 1730 g/mol. The highest BCUT2D eigenvalue weighted by Gasteiger charge is 2.38. The van der Waals surface area contributed by atoms with Gasteiger partial charge >= 0.3 is 0 Å². The van der Waals surface area contributed by atoms with Gasteiger partial charge in [-0.1, -0.05) is 102 Å². The summed E-state index contributed by atoms with van der Waals surface area (Å²) in [6.45, 7) is 9.90. The molecule has 1 aliphatic heterocycles. The van der Waals surface area contributed by atoms with Crippen LogP contribution in [-0.2, 0) is 85.3 Å². The van der Waals surface area contributed by atoms with Gasteiger partial charge in [-0.3, -0.25) is 52.7 Å². The summed E-state index contributed by atoms with van der Waals surface area (Å²) >= 11 is 0. The first-order chi connectivity index (χ1) is 59.2. The normalized spacial score (nSPS) is 19.2. The van der Waals surface area contributed by atoms with Gasteiger partial charge in [-0.2, -0.15) is 0 Å².